The zero-order valence-corrected chi connectivity index (χ0v) is 23.5. The third-order valence-electron chi connectivity index (χ3n) is 8.13. The minimum atomic E-state index is 0.510. The van der Waals surface area contributed by atoms with E-state index in [4.69, 9.17) is 31.0 Å². The first-order valence-electron chi connectivity index (χ1n) is 14.1. The maximum absolute atomic E-state index is 6.75. The van der Waals surface area contributed by atoms with Crippen LogP contribution in [0.2, 0.25) is 5.02 Å². The predicted octanol–water partition coefficient (Wildman–Crippen LogP) is 10.0. The van der Waals surface area contributed by atoms with Crippen LogP contribution >= 0.6 is 11.6 Å². The number of hydrogen-bond donors (Lipinski definition) is 0. The number of nitrogens with zero attached hydrogens (tertiary/aromatic N) is 4. The largest absolute Gasteiger partial charge is 0.455 e. The molecule has 0 amide bonds. The summed E-state index contributed by atoms with van der Waals surface area (Å²) in [5.41, 5.74) is 5.11. The minimum Gasteiger partial charge on any atom is -0.455 e. The van der Waals surface area contributed by atoms with Crippen molar-refractivity contribution in [1.29, 1.82) is 0 Å². The van der Waals surface area contributed by atoms with Crippen molar-refractivity contribution in [3.8, 4) is 28.7 Å². The molecular formula is C37H21ClN4O. The molecule has 6 heteroatoms. The molecule has 0 saturated heterocycles. The molecule has 0 bridgehead atoms. The molecule has 0 atom stereocenters. The van der Waals surface area contributed by atoms with Gasteiger partial charge in [-0.15, -0.1) is 0 Å². The molecule has 0 N–H and O–H groups in total. The van der Waals surface area contributed by atoms with Gasteiger partial charge in [0.25, 0.3) is 0 Å². The Hall–Kier alpha value is -5.52. The maximum Gasteiger partial charge on any atom is 0.238 e. The first-order valence-corrected chi connectivity index (χ1v) is 14.4. The van der Waals surface area contributed by atoms with Crippen molar-refractivity contribution < 1.29 is 4.42 Å². The van der Waals surface area contributed by atoms with Crippen LogP contribution in [0.15, 0.2) is 132 Å². The first-order chi connectivity index (χ1) is 21.2. The number of para-hydroxylation sites is 3. The van der Waals surface area contributed by atoms with Crippen LogP contribution in [0.25, 0.3) is 83.2 Å². The van der Waals surface area contributed by atoms with Crippen LogP contribution in [0.5, 0.6) is 0 Å². The lowest BCUT2D eigenvalue weighted by Gasteiger charge is -2.11. The van der Waals surface area contributed by atoms with Crippen LogP contribution < -0.4 is 0 Å². The van der Waals surface area contributed by atoms with E-state index in [2.05, 4.69) is 71.3 Å². The molecule has 3 heterocycles. The molecule has 9 rings (SSSR count). The summed E-state index contributed by atoms with van der Waals surface area (Å²) in [4.78, 5) is 15.3. The van der Waals surface area contributed by atoms with Gasteiger partial charge in [0.15, 0.2) is 11.6 Å². The Morgan fingerprint density at radius 2 is 1.21 bits per heavy atom. The lowest BCUT2D eigenvalue weighted by molar-refractivity contribution is 0.669. The quantitative estimate of drug-likeness (QED) is 0.211. The van der Waals surface area contributed by atoms with Gasteiger partial charge < -0.3 is 4.42 Å². The van der Waals surface area contributed by atoms with Crippen molar-refractivity contribution in [2.24, 2.45) is 0 Å². The van der Waals surface area contributed by atoms with Crippen molar-refractivity contribution in [2.45, 2.75) is 0 Å². The number of aromatic nitrogens is 4. The summed E-state index contributed by atoms with van der Waals surface area (Å²) in [5, 5.41) is 6.97. The van der Waals surface area contributed by atoms with Crippen LogP contribution in [-0.4, -0.2) is 19.5 Å². The van der Waals surface area contributed by atoms with E-state index >= 15 is 0 Å². The van der Waals surface area contributed by atoms with Crippen LogP contribution in [0.1, 0.15) is 0 Å². The average molecular weight is 573 g/mol. The number of benzene rings is 6. The number of furan rings is 1. The van der Waals surface area contributed by atoms with E-state index in [1.807, 2.05) is 60.7 Å². The van der Waals surface area contributed by atoms with E-state index in [-0.39, 0.29) is 0 Å². The van der Waals surface area contributed by atoms with Gasteiger partial charge in [-0.25, -0.2) is 4.98 Å². The van der Waals surface area contributed by atoms with E-state index in [1.54, 1.807) is 0 Å². The molecule has 0 aliphatic rings. The number of hydrogen-bond acceptors (Lipinski definition) is 4. The molecule has 202 valence electrons. The number of halogens is 1. The van der Waals surface area contributed by atoms with Crippen molar-refractivity contribution in [1.82, 2.24) is 19.5 Å². The van der Waals surface area contributed by atoms with Crippen LogP contribution in [-0.2, 0) is 0 Å². The van der Waals surface area contributed by atoms with Crippen LogP contribution in [0.3, 0.4) is 0 Å². The van der Waals surface area contributed by atoms with Gasteiger partial charge in [0.2, 0.25) is 5.95 Å². The smallest absolute Gasteiger partial charge is 0.238 e. The van der Waals surface area contributed by atoms with Gasteiger partial charge in [-0.3, -0.25) is 4.57 Å². The summed E-state index contributed by atoms with van der Waals surface area (Å²) in [5.74, 6) is 1.62. The molecule has 0 aliphatic carbocycles. The monoisotopic (exact) mass is 572 g/mol. The third kappa shape index (κ3) is 3.69. The second-order valence-corrected chi connectivity index (χ2v) is 11.0. The van der Waals surface area contributed by atoms with Crippen LogP contribution in [0.4, 0.5) is 0 Å². The normalized spacial score (nSPS) is 11.8. The number of rotatable bonds is 3. The molecule has 0 fully saturated rings. The average Bonchev–Trinajstić information content (AvgIpc) is 3.61. The van der Waals surface area contributed by atoms with Crippen molar-refractivity contribution in [3.63, 3.8) is 0 Å². The highest BCUT2D eigenvalue weighted by atomic mass is 35.5. The highest BCUT2D eigenvalue weighted by Crippen LogP contribution is 2.40. The minimum absolute atomic E-state index is 0.510. The molecular weight excluding hydrogens is 552 g/mol. The van der Waals surface area contributed by atoms with E-state index in [1.165, 1.54) is 0 Å². The molecule has 9 aromatic rings. The Morgan fingerprint density at radius 1 is 0.558 bits per heavy atom. The highest BCUT2D eigenvalue weighted by Gasteiger charge is 2.21. The SMILES string of the molecule is Clc1ccc(-c2nc(-c3ccc4ccccc4c3)nc(-n3c4ccccc4c4ccccc43)n2)c2oc3ccccc3c12. The van der Waals surface area contributed by atoms with Crippen molar-refractivity contribution in [2.75, 3.05) is 0 Å². The van der Waals surface area contributed by atoms with Gasteiger partial charge in [-0.05, 0) is 47.2 Å². The zero-order chi connectivity index (χ0) is 28.5. The summed E-state index contributed by atoms with van der Waals surface area (Å²) in [6.07, 6.45) is 0. The Morgan fingerprint density at radius 3 is 2.00 bits per heavy atom. The molecule has 0 radical (unpaired) electrons. The summed E-state index contributed by atoms with van der Waals surface area (Å²) in [6, 6.07) is 43.0. The summed E-state index contributed by atoms with van der Waals surface area (Å²) >= 11 is 6.75. The van der Waals surface area contributed by atoms with E-state index in [0.29, 0.717) is 28.2 Å². The maximum atomic E-state index is 6.75. The molecule has 0 aliphatic heterocycles. The lowest BCUT2D eigenvalue weighted by atomic mass is 10.1. The fourth-order valence-electron chi connectivity index (χ4n) is 6.14. The highest BCUT2D eigenvalue weighted by molar-refractivity contribution is 6.38. The van der Waals surface area contributed by atoms with Gasteiger partial charge >= 0.3 is 0 Å². The van der Waals surface area contributed by atoms with Crippen molar-refractivity contribution >= 4 is 66.1 Å². The molecule has 5 nitrogen and oxygen atoms in total. The van der Waals surface area contributed by atoms with Gasteiger partial charge in [-0.2, -0.15) is 9.97 Å². The number of fused-ring (bicyclic) bond motifs is 7. The molecule has 6 aromatic carbocycles. The van der Waals surface area contributed by atoms with E-state index < -0.39 is 0 Å². The predicted molar refractivity (Wildman–Crippen MR) is 175 cm³/mol. The standard InChI is InChI=1S/C37H21ClN4O/c38-29-20-19-28(34-33(29)27-13-5-8-16-32(27)43-34)36-39-35(24-18-17-22-9-1-2-10-23(22)21-24)40-37(41-36)42-30-14-6-3-11-25(30)26-12-4-7-15-31(26)42/h1-21H. The summed E-state index contributed by atoms with van der Waals surface area (Å²) in [6.45, 7) is 0. The van der Waals surface area contributed by atoms with Crippen LogP contribution in [0, 0.1) is 0 Å². The Kier molecular flexibility index (Phi) is 5.18. The van der Waals surface area contributed by atoms with E-state index in [9.17, 15) is 0 Å². The second-order valence-electron chi connectivity index (χ2n) is 10.6. The molecule has 43 heavy (non-hydrogen) atoms. The second kappa shape index (κ2) is 9.24. The molecule has 0 spiro atoms. The van der Waals surface area contributed by atoms with Gasteiger partial charge in [-0.1, -0.05) is 103 Å². The van der Waals surface area contributed by atoms with Crippen molar-refractivity contribution in [3.05, 3.63) is 132 Å². The topological polar surface area (TPSA) is 56.7 Å². The Labute approximate surface area is 250 Å². The van der Waals surface area contributed by atoms with Gasteiger partial charge in [0, 0.05) is 27.1 Å². The Balaban J connectivity index is 1.38. The van der Waals surface area contributed by atoms with Gasteiger partial charge in [0.05, 0.1) is 21.6 Å². The fourth-order valence-corrected chi connectivity index (χ4v) is 6.40. The summed E-state index contributed by atoms with van der Waals surface area (Å²) in [7, 11) is 0. The first kappa shape index (κ1) is 24.1. The van der Waals surface area contributed by atoms with E-state index in [0.717, 1.165) is 60.1 Å². The lowest BCUT2D eigenvalue weighted by Crippen LogP contribution is -2.06. The van der Waals surface area contributed by atoms with Gasteiger partial charge in [0.1, 0.15) is 11.2 Å². The summed E-state index contributed by atoms with van der Waals surface area (Å²) < 4.78 is 8.52. The zero-order valence-electron chi connectivity index (χ0n) is 22.7. The molecule has 0 unspecified atom stereocenters. The fraction of sp³-hybridized carbons (Fsp3) is 0. The third-order valence-corrected chi connectivity index (χ3v) is 8.44. The molecule has 3 aromatic heterocycles. The Bertz CT molecular complexity index is 2490. The molecule has 0 saturated carbocycles.